The van der Waals surface area contributed by atoms with E-state index in [2.05, 4.69) is 18.9 Å². The molecule has 0 aromatic carbocycles. The van der Waals surface area contributed by atoms with Crippen molar-refractivity contribution in [2.24, 2.45) is 0 Å². The molecule has 2 nitrogen and oxygen atoms in total. The first-order chi connectivity index (χ1) is 6.81. The third-order valence-corrected chi connectivity index (χ3v) is 2.09. The first-order valence-corrected chi connectivity index (χ1v) is 6.10. The van der Waals surface area contributed by atoms with Crippen LogP contribution in [0.1, 0.15) is 52.9 Å². The van der Waals surface area contributed by atoms with Gasteiger partial charge in [0.25, 0.3) is 0 Å². The maximum atomic E-state index is 8.56. The molecule has 0 unspecified atom stereocenters. The minimum Gasteiger partial charge on any atom is -0.396 e. The predicted octanol–water partition coefficient (Wildman–Crippen LogP) is 2.91. The predicted molar refractivity (Wildman–Crippen MR) is 64.7 cm³/mol. The summed E-state index contributed by atoms with van der Waals surface area (Å²) in [5.41, 5.74) is 0. The maximum Gasteiger partial charge on any atom is 0.0431 e. The van der Waals surface area contributed by atoms with Crippen molar-refractivity contribution in [1.82, 2.24) is 4.90 Å². The Morgan fingerprint density at radius 1 is 0.929 bits per heavy atom. The van der Waals surface area contributed by atoms with Gasteiger partial charge in [-0.05, 0) is 45.8 Å². The SMILES string of the molecule is CC.CCCCN(C)CCCCCO. The molecule has 0 fully saturated rings. The summed E-state index contributed by atoms with van der Waals surface area (Å²) >= 11 is 0. The summed E-state index contributed by atoms with van der Waals surface area (Å²) in [5.74, 6) is 0. The summed E-state index contributed by atoms with van der Waals surface area (Å²) in [6, 6.07) is 0. The number of rotatable bonds is 8. The lowest BCUT2D eigenvalue weighted by atomic mass is 10.2. The topological polar surface area (TPSA) is 23.5 Å². The van der Waals surface area contributed by atoms with Gasteiger partial charge in [0, 0.05) is 6.61 Å². The molecule has 0 spiro atoms. The lowest BCUT2D eigenvalue weighted by molar-refractivity contribution is 0.272. The van der Waals surface area contributed by atoms with Gasteiger partial charge in [0.15, 0.2) is 0 Å². The molecular formula is C12H29NO. The Hall–Kier alpha value is -0.0800. The molecule has 0 bridgehead atoms. The second kappa shape index (κ2) is 15.4. The molecule has 0 aliphatic carbocycles. The van der Waals surface area contributed by atoms with Gasteiger partial charge in [-0.15, -0.1) is 0 Å². The van der Waals surface area contributed by atoms with Crippen molar-refractivity contribution in [2.45, 2.75) is 52.9 Å². The molecule has 0 aromatic heterocycles. The van der Waals surface area contributed by atoms with Crippen LogP contribution in [0.15, 0.2) is 0 Å². The highest BCUT2D eigenvalue weighted by atomic mass is 16.2. The van der Waals surface area contributed by atoms with Crippen LogP contribution in [0.25, 0.3) is 0 Å². The van der Waals surface area contributed by atoms with E-state index < -0.39 is 0 Å². The molecule has 0 heterocycles. The highest BCUT2D eigenvalue weighted by Crippen LogP contribution is 1.98. The van der Waals surface area contributed by atoms with Crippen LogP contribution in [0.2, 0.25) is 0 Å². The Bertz CT molecular complexity index is 86.4. The van der Waals surface area contributed by atoms with Gasteiger partial charge in [0.1, 0.15) is 0 Å². The summed E-state index contributed by atoms with van der Waals surface area (Å²) in [7, 11) is 2.18. The molecular weight excluding hydrogens is 174 g/mol. The molecule has 0 aliphatic heterocycles. The van der Waals surface area contributed by atoms with Crippen LogP contribution < -0.4 is 0 Å². The van der Waals surface area contributed by atoms with Crippen LogP contribution in [0.3, 0.4) is 0 Å². The summed E-state index contributed by atoms with van der Waals surface area (Å²) in [4.78, 5) is 2.38. The molecule has 0 aliphatic rings. The Labute approximate surface area is 90.3 Å². The lowest BCUT2D eigenvalue weighted by Gasteiger charge is -2.15. The number of hydrogen-bond donors (Lipinski definition) is 1. The average molecular weight is 203 g/mol. The quantitative estimate of drug-likeness (QED) is 0.613. The minimum atomic E-state index is 0.346. The van der Waals surface area contributed by atoms with Gasteiger partial charge in [-0.3, -0.25) is 0 Å². The van der Waals surface area contributed by atoms with Gasteiger partial charge in [0.2, 0.25) is 0 Å². The van der Waals surface area contributed by atoms with E-state index in [9.17, 15) is 0 Å². The second-order valence-corrected chi connectivity index (χ2v) is 3.44. The number of aliphatic hydroxyl groups is 1. The Morgan fingerprint density at radius 3 is 2.00 bits per heavy atom. The first kappa shape index (κ1) is 16.4. The van der Waals surface area contributed by atoms with E-state index in [1.54, 1.807) is 0 Å². The van der Waals surface area contributed by atoms with E-state index in [1.165, 1.54) is 32.4 Å². The summed E-state index contributed by atoms with van der Waals surface area (Å²) in [5, 5.41) is 8.56. The van der Waals surface area contributed by atoms with Crippen molar-refractivity contribution in [3.05, 3.63) is 0 Å². The smallest absolute Gasteiger partial charge is 0.0431 e. The zero-order chi connectivity index (χ0) is 11.2. The second-order valence-electron chi connectivity index (χ2n) is 3.44. The largest absolute Gasteiger partial charge is 0.396 e. The number of hydrogen-bond acceptors (Lipinski definition) is 2. The van der Waals surface area contributed by atoms with Crippen molar-refractivity contribution in [3.63, 3.8) is 0 Å². The standard InChI is InChI=1S/C10H23NO.C2H6/c1-3-4-8-11(2)9-6-5-7-10-12;1-2/h12H,3-10H2,1-2H3;1-2H3. The van der Waals surface area contributed by atoms with Gasteiger partial charge in [-0.1, -0.05) is 27.2 Å². The monoisotopic (exact) mass is 203 g/mol. The van der Waals surface area contributed by atoms with Crippen molar-refractivity contribution >= 4 is 0 Å². The van der Waals surface area contributed by atoms with Gasteiger partial charge >= 0.3 is 0 Å². The minimum absolute atomic E-state index is 0.346. The fraction of sp³-hybridized carbons (Fsp3) is 1.00. The van der Waals surface area contributed by atoms with Crippen LogP contribution in [0.4, 0.5) is 0 Å². The molecule has 0 saturated heterocycles. The molecule has 2 heteroatoms. The summed E-state index contributed by atoms with van der Waals surface area (Å²) in [6.07, 6.45) is 5.92. The van der Waals surface area contributed by atoms with Crippen molar-refractivity contribution < 1.29 is 5.11 Å². The van der Waals surface area contributed by atoms with E-state index in [1.807, 2.05) is 13.8 Å². The van der Waals surface area contributed by atoms with Crippen molar-refractivity contribution in [2.75, 3.05) is 26.7 Å². The third-order valence-electron chi connectivity index (χ3n) is 2.09. The van der Waals surface area contributed by atoms with E-state index in [4.69, 9.17) is 5.11 Å². The molecule has 14 heavy (non-hydrogen) atoms. The summed E-state index contributed by atoms with van der Waals surface area (Å²) < 4.78 is 0. The van der Waals surface area contributed by atoms with E-state index in [-0.39, 0.29) is 0 Å². The van der Waals surface area contributed by atoms with Crippen LogP contribution >= 0.6 is 0 Å². The molecule has 0 aromatic rings. The number of aliphatic hydroxyl groups excluding tert-OH is 1. The fourth-order valence-corrected chi connectivity index (χ4v) is 1.21. The lowest BCUT2D eigenvalue weighted by Crippen LogP contribution is -2.20. The van der Waals surface area contributed by atoms with Gasteiger partial charge in [0.05, 0.1) is 0 Å². The van der Waals surface area contributed by atoms with Gasteiger partial charge in [-0.2, -0.15) is 0 Å². The third kappa shape index (κ3) is 14.4. The normalized spacial score (nSPS) is 9.86. The van der Waals surface area contributed by atoms with Crippen LogP contribution in [0, 0.1) is 0 Å². The van der Waals surface area contributed by atoms with Crippen molar-refractivity contribution in [1.29, 1.82) is 0 Å². The average Bonchev–Trinajstić information content (AvgIpc) is 2.24. The highest BCUT2D eigenvalue weighted by molar-refractivity contribution is 4.51. The van der Waals surface area contributed by atoms with Gasteiger partial charge < -0.3 is 10.0 Å². The number of nitrogens with zero attached hydrogens (tertiary/aromatic N) is 1. The van der Waals surface area contributed by atoms with Crippen LogP contribution in [-0.2, 0) is 0 Å². The zero-order valence-corrected chi connectivity index (χ0v) is 10.6. The van der Waals surface area contributed by atoms with Crippen LogP contribution in [-0.4, -0.2) is 36.8 Å². The van der Waals surface area contributed by atoms with Gasteiger partial charge in [-0.25, -0.2) is 0 Å². The Morgan fingerprint density at radius 2 is 1.50 bits per heavy atom. The van der Waals surface area contributed by atoms with Crippen LogP contribution in [0.5, 0.6) is 0 Å². The maximum absolute atomic E-state index is 8.56. The Kier molecular flexibility index (Phi) is 18.0. The number of unbranched alkanes of at least 4 members (excludes halogenated alkanes) is 3. The molecule has 0 rings (SSSR count). The fourth-order valence-electron chi connectivity index (χ4n) is 1.21. The zero-order valence-electron chi connectivity index (χ0n) is 10.6. The van der Waals surface area contributed by atoms with E-state index >= 15 is 0 Å². The summed E-state index contributed by atoms with van der Waals surface area (Å²) in [6.45, 7) is 8.97. The molecule has 0 atom stereocenters. The van der Waals surface area contributed by atoms with Crippen molar-refractivity contribution in [3.8, 4) is 0 Å². The Balaban J connectivity index is 0. The van der Waals surface area contributed by atoms with E-state index in [0.29, 0.717) is 6.61 Å². The molecule has 1 N–H and O–H groups in total. The molecule has 88 valence electrons. The van der Waals surface area contributed by atoms with E-state index in [0.717, 1.165) is 12.8 Å². The first-order valence-electron chi connectivity index (χ1n) is 6.10. The molecule has 0 radical (unpaired) electrons. The molecule has 0 amide bonds. The highest BCUT2D eigenvalue weighted by Gasteiger charge is 1.96. The molecule has 0 saturated carbocycles.